The minimum absolute atomic E-state index is 0.00551. The van der Waals surface area contributed by atoms with Gasteiger partial charge < -0.3 is 15.0 Å². The van der Waals surface area contributed by atoms with Crippen LogP contribution in [-0.2, 0) is 25.7 Å². The molecule has 59 heavy (non-hydrogen) atoms. The highest BCUT2D eigenvalue weighted by Gasteiger charge is 2.45. The average Bonchev–Trinajstić information content (AvgIpc) is 3.84. The monoisotopic (exact) mass is 803 g/mol. The molecule has 5 aromatic rings. The van der Waals surface area contributed by atoms with Crippen LogP contribution in [0.1, 0.15) is 58.0 Å². The molecule has 3 saturated heterocycles. The number of aromatic nitrogens is 4. The number of carbonyl (C=O) groups excluding carboxylic acids is 5. The van der Waals surface area contributed by atoms with E-state index in [0.717, 1.165) is 10.5 Å². The van der Waals surface area contributed by atoms with Crippen molar-refractivity contribution in [2.45, 2.75) is 44.3 Å². The number of likely N-dealkylation sites (tertiary alicyclic amines) is 1. The van der Waals surface area contributed by atoms with Gasteiger partial charge in [-0.2, -0.15) is 5.10 Å². The predicted octanol–water partition coefficient (Wildman–Crippen LogP) is 3.95. The van der Waals surface area contributed by atoms with Gasteiger partial charge in [0.05, 0.1) is 66.0 Å². The van der Waals surface area contributed by atoms with Crippen molar-refractivity contribution in [2.24, 2.45) is 0 Å². The normalized spacial score (nSPS) is 19.1. The molecule has 1 unspecified atom stereocenters. The number of fused-ring (bicyclic) bond motifs is 2. The van der Waals surface area contributed by atoms with Crippen molar-refractivity contribution in [2.75, 3.05) is 51.3 Å². The number of ether oxygens (including phenoxy) is 1. The Kier molecular flexibility index (Phi) is 10.1. The molecule has 15 nitrogen and oxygen atoms in total. The van der Waals surface area contributed by atoms with Crippen LogP contribution in [-0.4, -0.2) is 116 Å². The molecule has 2 N–H and O–H groups in total. The molecule has 6 heterocycles. The molecule has 4 aliphatic rings. The summed E-state index contributed by atoms with van der Waals surface area (Å²) in [6, 6.07) is 11.7. The third-order valence-corrected chi connectivity index (χ3v) is 11.5. The first-order valence-corrected chi connectivity index (χ1v) is 19.6. The van der Waals surface area contributed by atoms with Crippen molar-refractivity contribution < 1.29 is 37.5 Å². The lowest BCUT2D eigenvalue weighted by Gasteiger charge is -2.32. The largest absolute Gasteiger partial charge is 0.379 e. The number of piperidine rings is 2. The van der Waals surface area contributed by atoms with E-state index in [2.05, 4.69) is 20.7 Å². The number of nitrogens with one attached hydrogen (secondary N) is 2. The van der Waals surface area contributed by atoms with Gasteiger partial charge >= 0.3 is 0 Å². The molecule has 5 amide bonds. The zero-order valence-electron chi connectivity index (χ0n) is 31.8. The Morgan fingerprint density at radius 3 is 2.39 bits per heavy atom. The Balaban J connectivity index is 0.840. The number of nitrogens with zero attached hydrogens (tertiary/aromatic N) is 7. The average molecular weight is 804 g/mol. The minimum Gasteiger partial charge on any atom is -0.379 e. The molecule has 2 aromatic heterocycles. The number of halogens is 2. The van der Waals surface area contributed by atoms with Crippen LogP contribution in [0.15, 0.2) is 67.1 Å². The summed E-state index contributed by atoms with van der Waals surface area (Å²) in [7, 11) is 0. The molecule has 0 aliphatic carbocycles. The number of rotatable bonds is 9. The summed E-state index contributed by atoms with van der Waals surface area (Å²) in [4.78, 5) is 78.2. The molecule has 17 heteroatoms. The molecular weight excluding hydrogens is 765 g/mol. The standard InChI is InChI=1S/C42H39F2N9O6/c43-30-17-24(18-31(44)29(30)23-50-13-15-59-16-14-50)27-3-1-6-33-39(27)48-34(20-45-33)25-19-47-52(22-25)26-9-11-51(12-10-26)37(55)21-46-32-5-2-4-28-38(32)42(58)53(41(28)57)35-7-8-36(54)49-40(35)56/h1-6,17-20,22,26,35,46H,7-16,21,23H2,(H,49,54,56). The maximum Gasteiger partial charge on any atom is 0.264 e. The lowest BCUT2D eigenvalue weighted by molar-refractivity contribution is -0.136. The number of carbonyl (C=O) groups is 5. The highest BCUT2D eigenvalue weighted by atomic mass is 19.1. The van der Waals surface area contributed by atoms with Crippen LogP contribution >= 0.6 is 0 Å². The predicted molar refractivity (Wildman–Crippen MR) is 209 cm³/mol. The Morgan fingerprint density at radius 1 is 0.881 bits per heavy atom. The van der Waals surface area contributed by atoms with Gasteiger partial charge in [0.1, 0.15) is 17.7 Å². The number of imide groups is 2. The van der Waals surface area contributed by atoms with Gasteiger partial charge in [0.15, 0.2) is 0 Å². The summed E-state index contributed by atoms with van der Waals surface area (Å²) >= 11 is 0. The maximum absolute atomic E-state index is 15.4. The van der Waals surface area contributed by atoms with Gasteiger partial charge in [-0.25, -0.2) is 13.8 Å². The molecular formula is C42H39F2N9O6. The van der Waals surface area contributed by atoms with Crippen molar-refractivity contribution in [3.63, 3.8) is 0 Å². The fourth-order valence-corrected chi connectivity index (χ4v) is 8.29. The summed E-state index contributed by atoms with van der Waals surface area (Å²) in [5, 5.41) is 9.84. The molecule has 9 rings (SSSR count). The maximum atomic E-state index is 15.4. The van der Waals surface area contributed by atoms with E-state index in [4.69, 9.17) is 9.72 Å². The van der Waals surface area contributed by atoms with Crippen molar-refractivity contribution in [1.29, 1.82) is 0 Å². The van der Waals surface area contributed by atoms with Gasteiger partial charge in [0.25, 0.3) is 11.8 Å². The Hall–Kier alpha value is -6.46. The fourth-order valence-electron chi connectivity index (χ4n) is 8.29. The Bertz CT molecular complexity index is 2510. The molecule has 302 valence electrons. The number of para-hydroxylation sites is 1. The van der Waals surface area contributed by atoms with Gasteiger partial charge in [-0.15, -0.1) is 0 Å². The van der Waals surface area contributed by atoms with Gasteiger partial charge in [0, 0.05) is 67.7 Å². The number of benzene rings is 3. The van der Waals surface area contributed by atoms with Gasteiger partial charge in [-0.3, -0.25) is 48.8 Å². The third kappa shape index (κ3) is 7.31. The fraction of sp³-hybridized carbons (Fsp3) is 0.333. The smallest absolute Gasteiger partial charge is 0.264 e. The molecule has 0 saturated carbocycles. The summed E-state index contributed by atoms with van der Waals surface area (Å²) < 4.78 is 38.0. The van der Waals surface area contributed by atoms with Crippen molar-refractivity contribution >= 4 is 46.3 Å². The molecule has 4 aliphatic heterocycles. The summed E-state index contributed by atoms with van der Waals surface area (Å²) in [6.45, 7) is 3.26. The SMILES string of the molecule is O=C1CCC(N2C(=O)c3cccc(NCC(=O)N4CCC(n5cc(-c6cnc7cccc(-c8cc(F)c(CN9CCOCC9)c(F)c8)c7n6)cn5)CC4)c3C2=O)C(=O)N1. The first kappa shape index (κ1) is 38.1. The van der Waals surface area contributed by atoms with E-state index < -0.39 is 41.3 Å². The van der Waals surface area contributed by atoms with E-state index in [9.17, 15) is 24.0 Å². The lowest BCUT2D eigenvalue weighted by atomic mass is 10.0. The van der Waals surface area contributed by atoms with Crippen LogP contribution < -0.4 is 10.6 Å². The minimum atomic E-state index is -1.09. The van der Waals surface area contributed by atoms with Gasteiger partial charge in [-0.05, 0) is 55.2 Å². The van der Waals surface area contributed by atoms with Crippen LogP contribution in [0.5, 0.6) is 0 Å². The number of hydrogen-bond donors (Lipinski definition) is 2. The highest BCUT2D eigenvalue weighted by molar-refractivity contribution is 6.25. The Labute approximate surface area is 336 Å². The van der Waals surface area contributed by atoms with E-state index in [1.54, 1.807) is 47.6 Å². The number of amides is 5. The van der Waals surface area contributed by atoms with E-state index in [1.165, 1.54) is 18.2 Å². The number of anilines is 1. The van der Waals surface area contributed by atoms with Crippen LogP contribution in [0.3, 0.4) is 0 Å². The lowest BCUT2D eigenvalue weighted by Crippen LogP contribution is -2.54. The van der Waals surface area contributed by atoms with E-state index >= 15 is 8.78 Å². The topological polar surface area (TPSA) is 172 Å². The molecule has 1 atom stereocenters. The van der Waals surface area contributed by atoms with Crippen molar-refractivity contribution in [3.05, 3.63) is 95.4 Å². The summed E-state index contributed by atoms with van der Waals surface area (Å²) in [5.41, 5.74) is 3.81. The van der Waals surface area contributed by atoms with Crippen LogP contribution in [0.2, 0.25) is 0 Å². The second kappa shape index (κ2) is 15.7. The zero-order chi connectivity index (χ0) is 40.8. The van der Waals surface area contributed by atoms with E-state index in [-0.39, 0.29) is 54.6 Å². The Morgan fingerprint density at radius 2 is 1.63 bits per heavy atom. The van der Waals surface area contributed by atoms with E-state index in [0.29, 0.717) is 85.8 Å². The third-order valence-electron chi connectivity index (χ3n) is 11.5. The second-order valence-electron chi connectivity index (χ2n) is 15.1. The second-order valence-corrected chi connectivity index (χ2v) is 15.1. The summed E-state index contributed by atoms with van der Waals surface area (Å²) in [6.07, 6.45) is 6.56. The van der Waals surface area contributed by atoms with E-state index in [1.807, 2.05) is 15.8 Å². The first-order valence-electron chi connectivity index (χ1n) is 19.6. The van der Waals surface area contributed by atoms with Crippen LogP contribution in [0.25, 0.3) is 33.4 Å². The molecule has 0 bridgehead atoms. The van der Waals surface area contributed by atoms with Crippen LogP contribution in [0.4, 0.5) is 14.5 Å². The summed E-state index contributed by atoms with van der Waals surface area (Å²) in [5.74, 6) is -3.84. The highest BCUT2D eigenvalue weighted by Crippen LogP contribution is 2.34. The molecule has 0 radical (unpaired) electrons. The number of hydrogen-bond acceptors (Lipinski definition) is 11. The van der Waals surface area contributed by atoms with Crippen molar-refractivity contribution in [3.8, 4) is 22.4 Å². The first-order chi connectivity index (χ1) is 28.6. The quantitative estimate of drug-likeness (QED) is 0.207. The number of morpholine rings is 1. The van der Waals surface area contributed by atoms with Crippen molar-refractivity contribution in [1.82, 2.24) is 39.8 Å². The molecule has 3 aromatic carbocycles. The van der Waals surface area contributed by atoms with Gasteiger partial charge in [0.2, 0.25) is 17.7 Å². The molecule has 0 spiro atoms. The zero-order valence-corrected chi connectivity index (χ0v) is 31.8. The molecule has 3 fully saturated rings. The van der Waals surface area contributed by atoms with Gasteiger partial charge in [-0.1, -0.05) is 18.2 Å². The van der Waals surface area contributed by atoms with Crippen LogP contribution in [0, 0.1) is 11.6 Å².